The number of amides is 2. The Hall–Kier alpha value is -1.30. The van der Waals surface area contributed by atoms with Crippen LogP contribution >= 0.6 is 0 Å². The molecule has 0 aromatic carbocycles. The van der Waals surface area contributed by atoms with Gasteiger partial charge in [0.1, 0.15) is 5.54 Å². The number of hydrogen-bond donors (Lipinski definition) is 2. The average Bonchev–Trinajstić information content (AvgIpc) is 2.23. The maximum absolute atomic E-state index is 11.8. The number of nitrogens with one attached hydrogen (secondary N) is 1. The molecule has 0 heterocycles. The lowest BCUT2D eigenvalue weighted by Crippen LogP contribution is -2.55. The third kappa shape index (κ3) is 4.22. The van der Waals surface area contributed by atoms with Gasteiger partial charge in [0.15, 0.2) is 0 Å². The Morgan fingerprint density at radius 3 is 2.12 bits per heavy atom. The number of aliphatic carboxylic acids is 1. The normalized spacial score (nSPS) is 13.4. The Bertz CT molecular complexity index is 290. The molecule has 0 rings (SSSR count). The Morgan fingerprint density at radius 2 is 1.76 bits per heavy atom. The number of rotatable bonds is 5. The van der Waals surface area contributed by atoms with Gasteiger partial charge in [-0.15, -0.1) is 0 Å². The molecule has 0 aliphatic carbocycles. The van der Waals surface area contributed by atoms with Gasteiger partial charge in [-0.3, -0.25) is 0 Å². The van der Waals surface area contributed by atoms with Gasteiger partial charge >= 0.3 is 12.0 Å². The summed E-state index contributed by atoms with van der Waals surface area (Å²) in [7, 11) is 5.31. The molecule has 0 radical (unpaired) electrons. The van der Waals surface area contributed by atoms with Crippen LogP contribution in [0.25, 0.3) is 0 Å². The summed E-state index contributed by atoms with van der Waals surface area (Å²) in [6, 6.07) is -0.189. The zero-order valence-corrected chi connectivity index (χ0v) is 11.4. The van der Waals surface area contributed by atoms with E-state index in [2.05, 4.69) is 5.32 Å². The smallest absolute Gasteiger partial charge is 0.329 e. The number of urea groups is 1. The number of likely N-dealkylation sites (N-methyl/N-ethyl adjacent to an activating group) is 2. The van der Waals surface area contributed by atoms with E-state index in [9.17, 15) is 9.59 Å². The van der Waals surface area contributed by atoms with Gasteiger partial charge in [-0.1, -0.05) is 0 Å². The van der Waals surface area contributed by atoms with E-state index in [0.29, 0.717) is 6.54 Å². The monoisotopic (exact) mass is 245 g/mol. The van der Waals surface area contributed by atoms with Gasteiger partial charge in [0.2, 0.25) is 0 Å². The summed E-state index contributed by atoms with van der Waals surface area (Å²) < 4.78 is 0. The lowest BCUT2D eigenvalue weighted by Gasteiger charge is -2.32. The van der Waals surface area contributed by atoms with Crippen molar-refractivity contribution in [1.82, 2.24) is 15.1 Å². The van der Waals surface area contributed by atoms with Gasteiger partial charge in [-0.05, 0) is 34.9 Å². The van der Waals surface area contributed by atoms with Crippen LogP contribution in [0.3, 0.4) is 0 Å². The number of carbonyl (C=O) groups is 2. The number of hydrogen-bond acceptors (Lipinski definition) is 3. The maximum Gasteiger partial charge on any atom is 0.329 e. The summed E-state index contributed by atoms with van der Waals surface area (Å²) >= 11 is 0. The molecule has 6 heteroatoms. The van der Waals surface area contributed by atoms with Crippen molar-refractivity contribution >= 4 is 12.0 Å². The topological polar surface area (TPSA) is 72.9 Å². The standard InChI is InChI=1S/C11H23N3O3/c1-8(13(4)5)7-12-10(17)14(6)11(2,3)9(15)16/h8H,7H2,1-6H3,(H,12,17)(H,15,16). The highest BCUT2D eigenvalue weighted by Gasteiger charge is 2.35. The largest absolute Gasteiger partial charge is 0.480 e. The molecule has 1 atom stereocenters. The molecule has 100 valence electrons. The number of carbonyl (C=O) groups excluding carboxylic acids is 1. The van der Waals surface area contributed by atoms with Crippen LogP contribution in [0.2, 0.25) is 0 Å². The lowest BCUT2D eigenvalue weighted by molar-refractivity contribution is -0.146. The quantitative estimate of drug-likeness (QED) is 0.737. The first-order valence-corrected chi connectivity index (χ1v) is 5.52. The zero-order chi connectivity index (χ0) is 13.8. The minimum absolute atomic E-state index is 0.195. The van der Waals surface area contributed by atoms with Gasteiger partial charge in [0.05, 0.1) is 0 Å². The minimum atomic E-state index is -1.22. The second-order valence-corrected chi connectivity index (χ2v) is 4.92. The van der Waals surface area contributed by atoms with Crippen LogP contribution in [-0.4, -0.2) is 66.2 Å². The molecule has 0 aliphatic heterocycles. The number of nitrogens with zero attached hydrogens (tertiary/aromatic N) is 2. The van der Waals surface area contributed by atoms with E-state index < -0.39 is 11.5 Å². The molecule has 0 spiro atoms. The third-order valence-corrected chi connectivity index (χ3v) is 3.10. The summed E-state index contributed by atoms with van der Waals surface area (Å²) in [6.07, 6.45) is 0. The molecule has 1 unspecified atom stereocenters. The first-order valence-electron chi connectivity index (χ1n) is 5.52. The predicted octanol–water partition coefficient (Wildman–Crippen LogP) is 0.441. The van der Waals surface area contributed by atoms with E-state index in [1.165, 1.54) is 25.8 Å². The molecule has 0 aromatic heterocycles. The van der Waals surface area contributed by atoms with Crippen LogP contribution in [0.1, 0.15) is 20.8 Å². The van der Waals surface area contributed by atoms with Crippen molar-refractivity contribution in [2.45, 2.75) is 32.4 Å². The first-order chi connectivity index (χ1) is 7.60. The SMILES string of the molecule is CC(CNC(=O)N(C)C(C)(C)C(=O)O)N(C)C. The summed E-state index contributed by atoms with van der Waals surface area (Å²) in [5.74, 6) is -1.03. The number of carboxylic acids is 1. The van der Waals surface area contributed by atoms with Crippen LogP contribution in [0, 0.1) is 0 Å². The van der Waals surface area contributed by atoms with E-state index in [1.807, 2.05) is 25.9 Å². The van der Waals surface area contributed by atoms with E-state index in [4.69, 9.17) is 5.11 Å². The van der Waals surface area contributed by atoms with E-state index in [0.717, 1.165) is 0 Å². The number of carboxylic acid groups (broad SMARTS) is 1. The van der Waals surface area contributed by atoms with Gasteiger partial charge in [-0.2, -0.15) is 0 Å². The maximum atomic E-state index is 11.8. The van der Waals surface area contributed by atoms with E-state index in [1.54, 1.807) is 0 Å². The van der Waals surface area contributed by atoms with Crippen molar-refractivity contribution in [3.05, 3.63) is 0 Å². The molecular formula is C11H23N3O3. The summed E-state index contributed by atoms with van der Waals surface area (Å²) in [4.78, 5) is 25.9. The highest BCUT2D eigenvalue weighted by atomic mass is 16.4. The van der Waals surface area contributed by atoms with Gasteiger partial charge < -0.3 is 20.2 Å². The van der Waals surface area contributed by atoms with Crippen LogP contribution < -0.4 is 5.32 Å². The fourth-order valence-electron chi connectivity index (χ4n) is 0.934. The molecule has 0 fully saturated rings. The molecular weight excluding hydrogens is 222 g/mol. The summed E-state index contributed by atoms with van der Waals surface area (Å²) in [5, 5.41) is 11.7. The first kappa shape index (κ1) is 15.7. The Morgan fingerprint density at radius 1 is 1.29 bits per heavy atom. The molecule has 6 nitrogen and oxygen atoms in total. The lowest BCUT2D eigenvalue weighted by atomic mass is 10.1. The van der Waals surface area contributed by atoms with Crippen LogP contribution in [0.4, 0.5) is 4.79 Å². The minimum Gasteiger partial charge on any atom is -0.480 e. The molecule has 17 heavy (non-hydrogen) atoms. The van der Waals surface area contributed by atoms with Crippen molar-refractivity contribution in [2.75, 3.05) is 27.7 Å². The highest BCUT2D eigenvalue weighted by Crippen LogP contribution is 2.12. The van der Waals surface area contributed by atoms with Gasteiger partial charge in [0.25, 0.3) is 0 Å². The van der Waals surface area contributed by atoms with Crippen molar-refractivity contribution in [3.8, 4) is 0 Å². The molecule has 0 aromatic rings. The summed E-state index contributed by atoms with van der Waals surface area (Å²) in [5.41, 5.74) is -1.22. The Balaban J connectivity index is 4.38. The second-order valence-electron chi connectivity index (χ2n) is 4.92. The molecule has 2 amide bonds. The highest BCUT2D eigenvalue weighted by molar-refractivity contribution is 5.85. The molecule has 0 aliphatic rings. The van der Waals surface area contributed by atoms with E-state index >= 15 is 0 Å². The van der Waals surface area contributed by atoms with Crippen molar-refractivity contribution in [1.29, 1.82) is 0 Å². The molecule has 0 saturated carbocycles. The van der Waals surface area contributed by atoms with Gasteiger partial charge in [0, 0.05) is 19.6 Å². The Kier molecular flexibility index (Phi) is 5.41. The van der Waals surface area contributed by atoms with Crippen molar-refractivity contribution < 1.29 is 14.7 Å². The van der Waals surface area contributed by atoms with Crippen LogP contribution in [-0.2, 0) is 4.79 Å². The predicted molar refractivity (Wildman–Crippen MR) is 66.0 cm³/mol. The average molecular weight is 245 g/mol. The fourth-order valence-corrected chi connectivity index (χ4v) is 0.934. The second kappa shape index (κ2) is 5.86. The summed E-state index contributed by atoms with van der Waals surface area (Å²) in [6.45, 7) is 5.43. The molecule has 0 saturated heterocycles. The fraction of sp³-hybridized carbons (Fsp3) is 0.818. The van der Waals surface area contributed by atoms with E-state index in [-0.39, 0.29) is 12.1 Å². The Labute approximate surface area is 103 Å². The molecule has 2 N–H and O–H groups in total. The van der Waals surface area contributed by atoms with Crippen LogP contribution in [0.5, 0.6) is 0 Å². The zero-order valence-electron chi connectivity index (χ0n) is 11.4. The van der Waals surface area contributed by atoms with Gasteiger partial charge in [-0.25, -0.2) is 9.59 Å². The van der Waals surface area contributed by atoms with Crippen molar-refractivity contribution in [3.63, 3.8) is 0 Å². The molecule has 0 bridgehead atoms. The van der Waals surface area contributed by atoms with Crippen molar-refractivity contribution in [2.24, 2.45) is 0 Å². The third-order valence-electron chi connectivity index (χ3n) is 3.10. The van der Waals surface area contributed by atoms with Crippen LogP contribution in [0.15, 0.2) is 0 Å².